The van der Waals surface area contributed by atoms with Gasteiger partial charge in [-0.3, -0.25) is 4.79 Å². The number of amides is 1. The second kappa shape index (κ2) is 17.1. The second-order valence-electron chi connectivity index (χ2n) is 11.6. The summed E-state index contributed by atoms with van der Waals surface area (Å²) in [4.78, 5) is 36.3. The van der Waals surface area contributed by atoms with Crippen LogP contribution < -0.4 is 14.8 Å². The molecule has 3 rings (SSSR count). The Bertz CT molecular complexity index is 1280. The molecule has 43 heavy (non-hydrogen) atoms. The molecule has 1 atom stereocenters. The molecule has 0 fully saturated rings. The Balaban J connectivity index is 1.24. The molecular weight excluding hydrogens is 544 g/mol. The van der Waals surface area contributed by atoms with Gasteiger partial charge in [-0.1, -0.05) is 56.0 Å². The van der Waals surface area contributed by atoms with Crippen molar-refractivity contribution in [3.8, 4) is 11.5 Å². The maximum Gasteiger partial charge on any atom is 0.365 e. The number of likely N-dealkylation sites (N-methyl/N-ethyl adjacent to an activating group) is 1. The third kappa shape index (κ3) is 12.3. The number of esters is 2. The molecule has 0 bridgehead atoms. The van der Waals surface area contributed by atoms with E-state index in [-0.39, 0.29) is 17.9 Å². The molecule has 0 saturated carbocycles. The minimum Gasteiger partial charge on any atom is -0.494 e. The van der Waals surface area contributed by atoms with Gasteiger partial charge in [-0.2, -0.15) is 0 Å². The molecular formula is C35H45N2O6+. The molecule has 3 aromatic rings. The predicted octanol–water partition coefficient (Wildman–Crippen LogP) is 6.44. The van der Waals surface area contributed by atoms with Crippen LogP contribution in [0.25, 0.3) is 0 Å². The summed E-state index contributed by atoms with van der Waals surface area (Å²) in [7, 11) is 6.10. The highest BCUT2D eigenvalue weighted by Gasteiger charge is 2.33. The highest BCUT2D eigenvalue weighted by Crippen LogP contribution is 2.20. The van der Waals surface area contributed by atoms with Gasteiger partial charge in [0.1, 0.15) is 11.5 Å². The summed E-state index contributed by atoms with van der Waals surface area (Å²) in [6.07, 6.45) is 6.78. The Morgan fingerprint density at radius 1 is 0.721 bits per heavy atom. The number of ether oxygens (including phenoxy) is 3. The number of anilines is 1. The lowest BCUT2D eigenvalue weighted by molar-refractivity contribution is -0.887. The number of carbonyl (C=O) groups is 3. The van der Waals surface area contributed by atoms with Gasteiger partial charge < -0.3 is 24.0 Å². The van der Waals surface area contributed by atoms with Crippen LogP contribution in [0.4, 0.5) is 5.69 Å². The minimum atomic E-state index is -0.474. The van der Waals surface area contributed by atoms with Crippen LogP contribution in [0, 0.1) is 0 Å². The van der Waals surface area contributed by atoms with E-state index in [1.54, 1.807) is 48.5 Å². The highest BCUT2D eigenvalue weighted by molar-refractivity contribution is 5.93. The summed E-state index contributed by atoms with van der Waals surface area (Å²) in [5.74, 6) is 0.374. The van der Waals surface area contributed by atoms with Gasteiger partial charge in [-0.25, -0.2) is 9.59 Å². The molecule has 0 saturated heterocycles. The molecule has 3 aromatic carbocycles. The van der Waals surface area contributed by atoms with Gasteiger partial charge in [0.2, 0.25) is 5.91 Å². The number of quaternary nitrogens is 1. The van der Waals surface area contributed by atoms with E-state index in [4.69, 9.17) is 14.2 Å². The van der Waals surface area contributed by atoms with Crippen molar-refractivity contribution in [1.82, 2.24) is 0 Å². The van der Waals surface area contributed by atoms with Crippen LogP contribution in [0.1, 0.15) is 61.4 Å². The van der Waals surface area contributed by atoms with Gasteiger partial charge in [0, 0.05) is 19.0 Å². The maximum absolute atomic E-state index is 12.8. The van der Waals surface area contributed by atoms with E-state index in [0.29, 0.717) is 41.1 Å². The summed E-state index contributed by atoms with van der Waals surface area (Å²) in [5, 5.41) is 2.66. The van der Waals surface area contributed by atoms with Crippen molar-refractivity contribution in [2.24, 2.45) is 0 Å². The lowest BCUT2D eigenvalue weighted by Crippen LogP contribution is -2.51. The number of hydrogen-bond donors (Lipinski definition) is 1. The van der Waals surface area contributed by atoms with Gasteiger partial charge in [-0.15, -0.1) is 0 Å². The van der Waals surface area contributed by atoms with Crippen LogP contribution in [0.15, 0.2) is 78.9 Å². The summed E-state index contributed by atoms with van der Waals surface area (Å²) in [6.45, 7) is 2.51. The fourth-order valence-electron chi connectivity index (χ4n) is 4.54. The molecule has 0 aliphatic heterocycles. The molecule has 0 heterocycles. The van der Waals surface area contributed by atoms with Crippen molar-refractivity contribution >= 4 is 23.5 Å². The van der Waals surface area contributed by atoms with E-state index >= 15 is 0 Å². The maximum atomic E-state index is 12.8. The Kier molecular flexibility index (Phi) is 13.2. The van der Waals surface area contributed by atoms with Gasteiger partial charge in [0.25, 0.3) is 0 Å². The number of unbranched alkanes of at least 4 members (excludes halogenated alkanes) is 5. The molecule has 8 heteroatoms. The van der Waals surface area contributed by atoms with E-state index in [9.17, 15) is 14.4 Å². The normalized spacial score (nSPS) is 11.8. The monoisotopic (exact) mass is 589 g/mol. The van der Waals surface area contributed by atoms with Crippen LogP contribution in [0.5, 0.6) is 11.5 Å². The topological polar surface area (TPSA) is 90.9 Å². The minimum absolute atomic E-state index is 0.130. The Hall–Kier alpha value is -4.17. The van der Waals surface area contributed by atoms with E-state index in [2.05, 4.69) is 17.4 Å². The van der Waals surface area contributed by atoms with Crippen LogP contribution in [0.2, 0.25) is 0 Å². The molecule has 0 aliphatic rings. The zero-order valence-electron chi connectivity index (χ0n) is 25.8. The molecule has 1 unspecified atom stereocenters. The van der Waals surface area contributed by atoms with Crippen molar-refractivity contribution in [2.75, 3.05) is 39.7 Å². The fourth-order valence-corrected chi connectivity index (χ4v) is 4.54. The van der Waals surface area contributed by atoms with Crippen molar-refractivity contribution in [2.45, 2.75) is 57.9 Å². The summed E-state index contributed by atoms with van der Waals surface area (Å²) in [6, 6.07) is 23.4. The quantitative estimate of drug-likeness (QED) is 0.0843. The number of nitrogens with zero attached hydrogens (tertiary/aromatic N) is 1. The number of benzene rings is 3. The molecule has 230 valence electrons. The molecule has 8 nitrogen and oxygen atoms in total. The standard InChI is InChI=1S/C35H44N2O6/c1-27(38)36-30-18-16-29(17-19-30)34(39)43-32-22-20-31(21-23-32)41-24-12-7-5-6-8-13-25-42-35(40)33(37(2,3)4)26-28-14-10-9-11-15-28/h9-11,14-23,33H,5-8,12-13,24-26H2,1-4H3/p+1. The average molecular weight is 590 g/mol. The number of carbonyl (C=O) groups excluding carboxylic acids is 3. The Labute approximate surface area is 255 Å². The van der Waals surface area contributed by atoms with Gasteiger partial charge in [-0.05, 0) is 66.9 Å². The van der Waals surface area contributed by atoms with Crippen molar-refractivity contribution in [1.29, 1.82) is 0 Å². The average Bonchev–Trinajstić information content (AvgIpc) is 2.97. The van der Waals surface area contributed by atoms with Crippen LogP contribution in [0.3, 0.4) is 0 Å². The first-order valence-electron chi connectivity index (χ1n) is 15.0. The van der Waals surface area contributed by atoms with E-state index < -0.39 is 5.97 Å². The van der Waals surface area contributed by atoms with E-state index in [1.165, 1.54) is 6.92 Å². The molecule has 0 aliphatic carbocycles. The first-order chi connectivity index (χ1) is 20.6. The summed E-state index contributed by atoms with van der Waals surface area (Å²) < 4.78 is 17.4. The zero-order valence-corrected chi connectivity index (χ0v) is 25.8. The largest absolute Gasteiger partial charge is 0.494 e. The lowest BCUT2D eigenvalue weighted by atomic mass is 10.0. The Morgan fingerprint density at radius 3 is 1.91 bits per heavy atom. The third-order valence-corrected chi connectivity index (χ3v) is 7.01. The first kappa shape index (κ1) is 33.3. The highest BCUT2D eigenvalue weighted by atomic mass is 16.5. The SMILES string of the molecule is CC(=O)Nc1ccc(C(=O)Oc2ccc(OCCCCCCCCOC(=O)C(Cc3ccccc3)[N+](C)(C)C)cc2)cc1. The number of hydrogen-bond acceptors (Lipinski definition) is 6. The predicted molar refractivity (Wildman–Crippen MR) is 168 cm³/mol. The molecule has 0 aromatic heterocycles. The van der Waals surface area contributed by atoms with Crippen molar-refractivity contribution in [3.05, 3.63) is 90.0 Å². The van der Waals surface area contributed by atoms with Crippen LogP contribution >= 0.6 is 0 Å². The molecule has 1 N–H and O–H groups in total. The van der Waals surface area contributed by atoms with Gasteiger partial charge in [0.15, 0.2) is 6.04 Å². The lowest BCUT2D eigenvalue weighted by Gasteiger charge is -2.32. The summed E-state index contributed by atoms with van der Waals surface area (Å²) >= 11 is 0. The van der Waals surface area contributed by atoms with Crippen LogP contribution in [-0.4, -0.2) is 62.7 Å². The number of rotatable bonds is 17. The molecule has 0 radical (unpaired) electrons. The zero-order chi connectivity index (χ0) is 31.1. The van der Waals surface area contributed by atoms with Crippen molar-refractivity contribution in [3.63, 3.8) is 0 Å². The van der Waals surface area contributed by atoms with Crippen LogP contribution in [-0.2, 0) is 20.7 Å². The smallest absolute Gasteiger partial charge is 0.365 e. The second-order valence-corrected chi connectivity index (χ2v) is 11.6. The summed E-state index contributed by atoms with van der Waals surface area (Å²) in [5.41, 5.74) is 2.15. The van der Waals surface area contributed by atoms with Gasteiger partial charge >= 0.3 is 11.9 Å². The van der Waals surface area contributed by atoms with E-state index in [0.717, 1.165) is 49.8 Å². The number of nitrogens with one attached hydrogen (secondary N) is 1. The Morgan fingerprint density at radius 2 is 1.30 bits per heavy atom. The fraction of sp³-hybridized carbons (Fsp3) is 0.400. The molecule has 0 spiro atoms. The first-order valence-corrected chi connectivity index (χ1v) is 15.0. The third-order valence-electron chi connectivity index (χ3n) is 7.01. The van der Waals surface area contributed by atoms with Gasteiger partial charge in [0.05, 0.1) is 39.9 Å². The van der Waals surface area contributed by atoms with E-state index in [1.807, 2.05) is 39.3 Å². The molecule has 1 amide bonds. The van der Waals surface area contributed by atoms with Crippen molar-refractivity contribution < 1.29 is 33.1 Å².